The van der Waals surface area contributed by atoms with Gasteiger partial charge in [-0.1, -0.05) is 17.7 Å². The van der Waals surface area contributed by atoms with Gasteiger partial charge in [0.2, 0.25) is 10.0 Å². The molecule has 0 radical (unpaired) electrons. The second kappa shape index (κ2) is 7.25. The van der Waals surface area contributed by atoms with Crippen molar-refractivity contribution in [2.75, 3.05) is 6.54 Å². The first kappa shape index (κ1) is 19.0. The Labute approximate surface area is 149 Å². The highest BCUT2D eigenvalue weighted by molar-refractivity contribution is 7.89. The molecular formula is C17H24ClN3O2S. The quantitative estimate of drug-likeness (QED) is 0.793. The fraction of sp³-hybridized carbons (Fsp3) is 0.471. The minimum atomic E-state index is -3.53. The highest BCUT2D eigenvalue weighted by atomic mass is 35.5. The average molecular weight is 370 g/mol. The van der Waals surface area contributed by atoms with Gasteiger partial charge in [-0.3, -0.25) is 4.68 Å². The largest absolute Gasteiger partial charge is 0.271 e. The maximum atomic E-state index is 12.7. The molecule has 24 heavy (non-hydrogen) atoms. The van der Waals surface area contributed by atoms with Gasteiger partial charge < -0.3 is 0 Å². The van der Waals surface area contributed by atoms with Gasteiger partial charge in [0.15, 0.2) is 0 Å². The van der Waals surface area contributed by atoms with E-state index >= 15 is 0 Å². The number of nitrogens with zero attached hydrogens (tertiary/aromatic N) is 2. The number of nitrogens with one attached hydrogen (secondary N) is 1. The van der Waals surface area contributed by atoms with Crippen LogP contribution in [0.2, 0.25) is 5.02 Å². The second-order valence-corrected chi connectivity index (χ2v) is 8.28. The molecule has 2 rings (SSSR count). The Morgan fingerprint density at radius 2 is 1.71 bits per heavy atom. The summed E-state index contributed by atoms with van der Waals surface area (Å²) in [7, 11) is -3.53. The molecule has 1 N–H and O–H groups in total. The minimum absolute atomic E-state index is 0.352. The first-order valence-corrected chi connectivity index (χ1v) is 9.76. The zero-order valence-corrected chi connectivity index (χ0v) is 16.3. The summed E-state index contributed by atoms with van der Waals surface area (Å²) in [6, 6.07) is 2.02. The van der Waals surface area contributed by atoms with Crippen LogP contribution < -0.4 is 4.72 Å². The van der Waals surface area contributed by atoms with E-state index in [1.54, 1.807) is 10.9 Å². The monoisotopic (exact) mass is 369 g/mol. The van der Waals surface area contributed by atoms with Gasteiger partial charge in [0, 0.05) is 19.3 Å². The van der Waals surface area contributed by atoms with Gasteiger partial charge in [0.05, 0.1) is 15.6 Å². The highest BCUT2D eigenvalue weighted by Crippen LogP contribution is 2.25. The molecule has 132 valence electrons. The molecule has 0 bridgehead atoms. The lowest BCUT2D eigenvalue weighted by Crippen LogP contribution is -2.27. The van der Waals surface area contributed by atoms with Crippen LogP contribution in [0, 0.1) is 34.6 Å². The van der Waals surface area contributed by atoms with Crippen molar-refractivity contribution < 1.29 is 8.42 Å². The zero-order valence-electron chi connectivity index (χ0n) is 14.8. The zero-order chi connectivity index (χ0) is 18.1. The van der Waals surface area contributed by atoms with Crippen molar-refractivity contribution in [2.24, 2.45) is 0 Å². The molecule has 1 aromatic heterocycles. The van der Waals surface area contributed by atoms with Crippen molar-refractivity contribution in [3.63, 3.8) is 0 Å². The van der Waals surface area contributed by atoms with Gasteiger partial charge in [0.1, 0.15) is 0 Å². The molecule has 0 amide bonds. The molecule has 0 aliphatic rings. The summed E-state index contributed by atoms with van der Waals surface area (Å²) in [6.45, 7) is 10.4. The van der Waals surface area contributed by atoms with Crippen LogP contribution in [0.3, 0.4) is 0 Å². The lowest BCUT2D eigenvalue weighted by atomic mass is 10.0. The lowest BCUT2D eigenvalue weighted by Gasteiger charge is -2.16. The molecule has 5 nitrogen and oxygen atoms in total. The molecule has 0 spiro atoms. The van der Waals surface area contributed by atoms with Crippen LogP contribution in [-0.2, 0) is 16.6 Å². The van der Waals surface area contributed by atoms with Crippen LogP contribution in [0.5, 0.6) is 0 Å². The summed E-state index contributed by atoms with van der Waals surface area (Å²) < 4.78 is 29.8. The van der Waals surface area contributed by atoms with Crippen LogP contribution >= 0.6 is 11.6 Å². The number of rotatable bonds is 6. The van der Waals surface area contributed by atoms with E-state index < -0.39 is 10.0 Å². The molecule has 0 atom stereocenters. The maximum absolute atomic E-state index is 12.7. The van der Waals surface area contributed by atoms with Gasteiger partial charge in [-0.2, -0.15) is 5.10 Å². The highest BCUT2D eigenvalue weighted by Gasteiger charge is 2.21. The van der Waals surface area contributed by atoms with Crippen LogP contribution in [0.4, 0.5) is 0 Å². The van der Waals surface area contributed by atoms with Gasteiger partial charge in [0.25, 0.3) is 0 Å². The van der Waals surface area contributed by atoms with Crippen LogP contribution in [0.25, 0.3) is 0 Å². The van der Waals surface area contributed by atoms with E-state index in [4.69, 9.17) is 11.6 Å². The van der Waals surface area contributed by atoms with E-state index in [1.165, 1.54) is 0 Å². The third-order valence-electron chi connectivity index (χ3n) is 4.31. The Bertz CT molecular complexity index is 811. The normalized spacial score (nSPS) is 11.9. The Morgan fingerprint density at radius 1 is 1.12 bits per heavy atom. The number of hydrogen-bond acceptors (Lipinski definition) is 3. The first-order chi connectivity index (χ1) is 11.1. The molecule has 0 unspecified atom stereocenters. The standard InChI is InChI=1S/C17H24ClN3O2S/c1-11-9-12(2)14(4)17(13(11)3)24(22,23)19-7-6-8-21-10-16(18)15(5)20-21/h9-10,19H,6-8H2,1-5H3. The number of halogens is 1. The van der Waals surface area contributed by atoms with Crippen molar-refractivity contribution in [2.45, 2.75) is 52.5 Å². The van der Waals surface area contributed by atoms with Crippen molar-refractivity contribution in [3.8, 4) is 0 Å². The summed E-state index contributed by atoms with van der Waals surface area (Å²) in [5.41, 5.74) is 4.36. The summed E-state index contributed by atoms with van der Waals surface area (Å²) in [6.07, 6.45) is 2.39. The van der Waals surface area contributed by atoms with E-state index in [0.717, 1.165) is 27.9 Å². The van der Waals surface area contributed by atoms with Crippen LogP contribution in [0.15, 0.2) is 17.2 Å². The molecule has 7 heteroatoms. The van der Waals surface area contributed by atoms with Crippen LogP contribution in [0.1, 0.15) is 34.4 Å². The number of sulfonamides is 1. The fourth-order valence-electron chi connectivity index (χ4n) is 2.71. The van der Waals surface area contributed by atoms with Gasteiger partial charge in [-0.05, 0) is 63.3 Å². The van der Waals surface area contributed by atoms with Gasteiger partial charge in [-0.15, -0.1) is 0 Å². The van der Waals surface area contributed by atoms with E-state index in [0.29, 0.717) is 29.4 Å². The SMILES string of the molecule is Cc1cc(C)c(C)c(S(=O)(=O)NCCCn2cc(Cl)c(C)n2)c1C. The predicted octanol–water partition coefficient (Wildman–Crippen LogP) is 3.45. The van der Waals surface area contributed by atoms with E-state index in [-0.39, 0.29) is 0 Å². The van der Waals surface area contributed by atoms with Gasteiger partial charge in [-0.25, -0.2) is 13.1 Å². The molecule has 1 heterocycles. The molecule has 1 aromatic carbocycles. The number of aromatic nitrogens is 2. The van der Waals surface area contributed by atoms with E-state index in [1.807, 2.05) is 40.7 Å². The Hall–Kier alpha value is -1.37. The number of aryl methyl sites for hydroxylation is 4. The molecule has 2 aromatic rings. The summed E-state index contributed by atoms with van der Waals surface area (Å²) in [5, 5.41) is 4.88. The molecule has 0 saturated carbocycles. The lowest BCUT2D eigenvalue weighted by molar-refractivity contribution is 0.550. The third-order valence-corrected chi connectivity index (χ3v) is 6.41. The predicted molar refractivity (Wildman–Crippen MR) is 97.2 cm³/mol. The molecule has 0 fully saturated rings. The summed E-state index contributed by atoms with van der Waals surface area (Å²) >= 11 is 5.96. The van der Waals surface area contributed by atoms with E-state index in [9.17, 15) is 8.42 Å². The van der Waals surface area contributed by atoms with Crippen molar-refractivity contribution in [1.82, 2.24) is 14.5 Å². The van der Waals surface area contributed by atoms with Crippen molar-refractivity contribution >= 4 is 21.6 Å². The number of hydrogen-bond donors (Lipinski definition) is 1. The summed E-state index contributed by atoms with van der Waals surface area (Å²) in [4.78, 5) is 0.401. The first-order valence-electron chi connectivity index (χ1n) is 7.90. The Morgan fingerprint density at radius 3 is 2.21 bits per heavy atom. The average Bonchev–Trinajstić information content (AvgIpc) is 2.80. The number of benzene rings is 1. The Balaban J connectivity index is 2.07. The van der Waals surface area contributed by atoms with Crippen LogP contribution in [-0.4, -0.2) is 24.7 Å². The second-order valence-electron chi connectivity index (χ2n) is 6.17. The molecule has 0 aliphatic carbocycles. The molecule has 0 aliphatic heterocycles. The fourth-order valence-corrected chi connectivity index (χ4v) is 4.55. The molecular weight excluding hydrogens is 346 g/mol. The third kappa shape index (κ3) is 3.99. The Kier molecular flexibility index (Phi) is 5.73. The topological polar surface area (TPSA) is 64.0 Å². The minimum Gasteiger partial charge on any atom is -0.271 e. The van der Waals surface area contributed by atoms with Gasteiger partial charge >= 0.3 is 0 Å². The van der Waals surface area contributed by atoms with Crippen molar-refractivity contribution in [1.29, 1.82) is 0 Å². The van der Waals surface area contributed by atoms with E-state index in [2.05, 4.69) is 9.82 Å². The summed E-state index contributed by atoms with van der Waals surface area (Å²) in [5.74, 6) is 0. The maximum Gasteiger partial charge on any atom is 0.241 e. The van der Waals surface area contributed by atoms with Crippen molar-refractivity contribution in [3.05, 3.63) is 45.2 Å². The molecule has 0 saturated heterocycles. The smallest absolute Gasteiger partial charge is 0.241 e.